The van der Waals surface area contributed by atoms with E-state index in [1.54, 1.807) is 6.07 Å². The van der Waals surface area contributed by atoms with E-state index < -0.39 is 16.0 Å². The Bertz CT molecular complexity index is 762. The Morgan fingerprint density at radius 1 is 1.33 bits per heavy atom. The Morgan fingerprint density at radius 3 is 2.71 bits per heavy atom. The highest BCUT2D eigenvalue weighted by Crippen LogP contribution is 2.19. The number of rotatable bonds is 5. The first-order chi connectivity index (χ1) is 9.90. The summed E-state index contributed by atoms with van der Waals surface area (Å²) in [6.07, 6.45) is 2.76. The monoisotopic (exact) mass is 308 g/mol. The van der Waals surface area contributed by atoms with Crippen LogP contribution in [0.2, 0.25) is 0 Å². The summed E-state index contributed by atoms with van der Waals surface area (Å²) >= 11 is 0. The zero-order valence-electron chi connectivity index (χ0n) is 10.7. The molecule has 0 saturated carbocycles. The molecule has 0 bridgehead atoms. The lowest BCUT2D eigenvalue weighted by molar-refractivity contribution is 0.0692. The van der Waals surface area contributed by atoms with Gasteiger partial charge in [0.05, 0.1) is 22.7 Å². The van der Waals surface area contributed by atoms with Crippen LogP contribution in [-0.4, -0.2) is 29.5 Å². The normalized spacial score (nSPS) is 11.2. The highest BCUT2D eigenvalue weighted by molar-refractivity contribution is 7.89. The van der Waals surface area contributed by atoms with E-state index in [9.17, 15) is 13.2 Å². The number of nitrogens with two attached hydrogens (primary N) is 1. The number of hydrogen-bond donors (Lipinski definition) is 3. The zero-order valence-corrected chi connectivity index (χ0v) is 11.5. The van der Waals surface area contributed by atoms with E-state index in [2.05, 4.69) is 14.7 Å². The van der Waals surface area contributed by atoms with Crippen LogP contribution in [0.5, 0.6) is 0 Å². The predicted octanol–water partition coefficient (Wildman–Crippen LogP) is 0.235. The Hall–Kier alpha value is -2.52. The summed E-state index contributed by atoms with van der Waals surface area (Å²) in [6.45, 7) is -0.0846. The molecule has 1 heterocycles. The van der Waals surface area contributed by atoms with Crippen molar-refractivity contribution in [1.82, 2.24) is 14.7 Å². The number of nitrogens with zero attached hydrogens (tertiary/aromatic N) is 2. The number of anilines is 1. The van der Waals surface area contributed by atoms with E-state index in [-0.39, 0.29) is 22.7 Å². The fourth-order valence-electron chi connectivity index (χ4n) is 1.61. The molecule has 0 saturated heterocycles. The molecule has 0 amide bonds. The van der Waals surface area contributed by atoms with Crippen molar-refractivity contribution in [3.05, 3.63) is 48.0 Å². The Morgan fingerprint density at radius 2 is 2.10 bits per heavy atom. The van der Waals surface area contributed by atoms with E-state index in [1.165, 1.54) is 18.6 Å². The minimum Gasteiger partial charge on any atom is -0.478 e. The van der Waals surface area contributed by atoms with Crippen LogP contribution in [0.3, 0.4) is 0 Å². The molecule has 2 aromatic rings. The second kappa shape index (κ2) is 5.85. The Balaban J connectivity index is 2.31. The minimum absolute atomic E-state index is 0.0846. The van der Waals surface area contributed by atoms with Crippen molar-refractivity contribution < 1.29 is 18.3 Å². The predicted molar refractivity (Wildman–Crippen MR) is 73.9 cm³/mol. The summed E-state index contributed by atoms with van der Waals surface area (Å²) in [5.41, 5.74) is 5.79. The first-order valence-corrected chi connectivity index (χ1v) is 7.26. The van der Waals surface area contributed by atoms with Crippen LogP contribution in [0.4, 0.5) is 5.69 Å². The first-order valence-electron chi connectivity index (χ1n) is 5.77. The molecule has 21 heavy (non-hydrogen) atoms. The van der Waals surface area contributed by atoms with Crippen molar-refractivity contribution in [3.8, 4) is 0 Å². The van der Waals surface area contributed by atoms with Crippen LogP contribution in [0.1, 0.15) is 16.1 Å². The van der Waals surface area contributed by atoms with Gasteiger partial charge >= 0.3 is 5.97 Å². The van der Waals surface area contributed by atoms with Crippen LogP contribution >= 0.6 is 0 Å². The average molecular weight is 308 g/mol. The van der Waals surface area contributed by atoms with Crippen LogP contribution in [0.25, 0.3) is 0 Å². The first kappa shape index (κ1) is 14.9. The minimum atomic E-state index is -4.03. The highest BCUT2D eigenvalue weighted by atomic mass is 32.2. The van der Waals surface area contributed by atoms with Gasteiger partial charge in [0.15, 0.2) is 0 Å². The second-order valence-electron chi connectivity index (χ2n) is 4.09. The molecule has 0 fully saturated rings. The maximum atomic E-state index is 12.2. The van der Waals surface area contributed by atoms with Crippen LogP contribution in [0, 0.1) is 0 Å². The standard InChI is InChI=1S/C12H12N4O4S/c13-8-1-2-10(12(17)18)11(5-8)21(19,20)16-6-9-3-4-14-7-15-9/h1-5,7,16H,6,13H2,(H,17,18). The number of carbonyl (C=O) groups is 1. The SMILES string of the molecule is Nc1ccc(C(=O)O)c(S(=O)(=O)NCc2ccncn2)c1. The zero-order chi connectivity index (χ0) is 15.5. The van der Waals surface area contributed by atoms with Gasteiger partial charge in [-0.3, -0.25) is 0 Å². The van der Waals surface area contributed by atoms with Crippen molar-refractivity contribution >= 4 is 21.7 Å². The van der Waals surface area contributed by atoms with Crippen molar-refractivity contribution in [3.63, 3.8) is 0 Å². The summed E-state index contributed by atoms with van der Waals surface area (Å²) in [4.78, 5) is 18.3. The molecular formula is C12H12N4O4S. The summed E-state index contributed by atoms with van der Waals surface area (Å²) in [5.74, 6) is -1.35. The molecular weight excluding hydrogens is 296 g/mol. The third-order valence-electron chi connectivity index (χ3n) is 2.61. The molecule has 1 aromatic heterocycles. The number of nitrogen functional groups attached to an aromatic ring is 1. The number of nitrogens with one attached hydrogen (secondary N) is 1. The summed E-state index contributed by atoms with van der Waals surface area (Å²) < 4.78 is 26.7. The van der Waals surface area contributed by atoms with Crippen molar-refractivity contribution in [1.29, 1.82) is 0 Å². The number of benzene rings is 1. The highest BCUT2D eigenvalue weighted by Gasteiger charge is 2.22. The molecule has 0 aliphatic heterocycles. The number of carboxylic acid groups (broad SMARTS) is 1. The lowest BCUT2D eigenvalue weighted by Crippen LogP contribution is -2.25. The number of sulfonamides is 1. The van der Waals surface area contributed by atoms with Crippen molar-refractivity contribution in [2.24, 2.45) is 0 Å². The molecule has 2 rings (SSSR count). The maximum absolute atomic E-state index is 12.2. The number of carboxylic acids is 1. The number of aromatic carboxylic acids is 1. The van der Waals surface area contributed by atoms with Gasteiger partial charge in [0.1, 0.15) is 6.33 Å². The fourth-order valence-corrected chi connectivity index (χ4v) is 2.84. The molecule has 9 heteroatoms. The second-order valence-corrected chi connectivity index (χ2v) is 5.82. The largest absolute Gasteiger partial charge is 0.478 e. The molecule has 0 spiro atoms. The quantitative estimate of drug-likeness (QED) is 0.673. The van der Waals surface area contributed by atoms with Crippen molar-refractivity contribution in [2.45, 2.75) is 11.4 Å². The van der Waals surface area contributed by atoms with Crippen LogP contribution in [-0.2, 0) is 16.6 Å². The molecule has 0 aliphatic carbocycles. The smallest absolute Gasteiger partial charge is 0.337 e. The van der Waals surface area contributed by atoms with Gasteiger partial charge in [0.25, 0.3) is 0 Å². The maximum Gasteiger partial charge on any atom is 0.337 e. The van der Waals surface area contributed by atoms with Gasteiger partial charge in [-0.25, -0.2) is 27.9 Å². The van der Waals surface area contributed by atoms with E-state index in [4.69, 9.17) is 10.8 Å². The summed E-state index contributed by atoms with van der Waals surface area (Å²) in [7, 11) is -4.03. The molecule has 0 unspecified atom stereocenters. The number of aromatic nitrogens is 2. The topological polar surface area (TPSA) is 135 Å². The fraction of sp³-hybridized carbons (Fsp3) is 0.0833. The molecule has 4 N–H and O–H groups in total. The van der Waals surface area contributed by atoms with E-state index in [1.807, 2.05) is 0 Å². The Kier molecular flexibility index (Phi) is 4.15. The molecule has 0 radical (unpaired) electrons. The van der Waals surface area contributed by atoms with E-state index in [0.29, 0.717) is 5.69 Å². The van der Waals surface area contributed by atoms with Gasteiger partial charge < -0.3 is 10.8 Å². The van der Waals surface area contributed by atoms with Gasteiger partial charge in [-0.2, -0.15) is 0 Å². The average Bonchev–Trinajstić information content (AvgIpc) is 2.46. The summed E-state index contributed by atoms with van der Waals surface area (Å²) in [5, 5.41) is 9.05. The van der Waals surface area contributed by atoms with Gasteiger partial charge in [-0.1, -0.05) is 0 Å². The van der Waals surface area contributed by atoms with Gasteiger partial charge in [0.2, 0.25) is 10.0 Å². The molecule has 8 nitrogen and oxygen atoms in total. The van der Waals surface area contributed by atoms with Crippen LogP contribution in [0.15, 0.2) is 41.7 Å². The Labute approximate surface area is 120 Å². The molecule has 1 aromatic carbocycles. The molecule has 0 atom stereocenters. The lowest BCUT2D eigenvalue weighted by atomic mass is 10.2. The van der Waals surface area contributed by atoms with Crippen LogP contribution < -0.4 is 10.5 Å². The lowest BCUT2D eigenvalue weighted by Gasteiger charge is -2.09. The van der Waals surface area contributed by atoms with Crippen molar-refractivity contribution in [2.75, 3.05) is 5.73 Å². The van der Waals surface area contributed by atoms with E-state index >= 15 is 0 Å². The van der Waals surface area contributed by atoms with Gasteiger partial charge in [0, 0.05) is 11.9 Å². The number of hydrogen-bond acceptors (Lipinski definition) is 6. The third-order valence-corrected chi connectivity index (χ3v) is 4.05. The van der Waals surface area contributed by atoms with E-state index in [0.717, 1.165) is 12.1 Å². The van der Waals surface area contributed by atoms with Gasteiger partial charge in [-0.05, 0) is 24.3 Å². The summed E-state index contributed by atoms with van der Waals surface area (Å²) in [6, 6.07) is 5.12. The molecule has 110 valence electrons. The third kappa shape index (κ3) is 3.52. The van der Waals surface area contributed by atoms with Gasteiger partial charge in [-0.15, -0.1) is 0 Å². The molecule has 0 aliphatic rings.